The SMILES string of the molecule is Cc1c(CNc2cc(NN)cc([N+](=O)[O-])c2)cnn1C. The van der Waals surface area contributed by atoms with Crippen molar-refractivity contribution in [2.24, 2.45) is 12.9 Å². The smallest absolute Gasteiger partial charge is 0.273 e. The second-order valence-electron chi connectivity index (χ2n) is 4.40. The van der Waals surface area contributed by atoms with Gasteiger partial charge in [0.2, 0.25) is 0 Å². The van der Waals surface area contributed by atoms with Crippen LogP contribution in [0.5, 0.6) is 0 Å². The molecule has 4 N–H and O–H groups in total. The summed E-state index contributed by atoms with van der Waals surface area (Å²) in [5.74, 6) is 5.31. The maximum Gasteiger partial charge on any atom is 0.273 e. The molecule has 0 saturated heterocycles. The van der Waals surface area contributed by atoms with E-state index in [4.69, 9.17) is 5.84 Å². The predicted molar refractivity (Wildman–Crippen MR) is 76.2 cm³/mol. The number of non-ortho nitro benzene ring substituents is 1. The molecule has 0 atom stereocenters. The fourth-order valence-corrected chi connectivity index (χ4v) is 1.82. The lowest BCUT2D eigenvalue weighted by atomic mass is 10.2. The van der Waals surface area contributed by atoms with E-state index >= 15 is 0 Å². The number of nitro groups is 1. The number of nitro benzene ring substituents is 1. The number of rotatable bonds is 5. The van der Waals surface area contributed by atoms with E-state index in [2.05, 4.69) is 15.8 Å². The zero-order valence-corrected chi connectivity index (χ0v) is 11.3. The van der Waals surface area contributed by atoms with Crippen molar-refractivity contribution in [1.29, 1.82) is 0 Å². The number of nitrogens with one attached hydrogen (secondary N) is 2. The lowest BCUT2D eigenvalue weighted by Crippen LogP contribution is -2.08. The number of hydrogen-bond acceptors (Lipinski definition) is 6. The van der Waals surface area contributed by atoms with Crippen LogP contribution in [0.25, 0.3) is 0 Å². The number of aromatic nitrogens is 2. The number of anilines is 2. The van der Waals surface area contributed by atoms with Crippen molar-refractivity contribution in [3.63, 3.8) is 0 Å². The summed E-state index contributed by atoms with van der Waals surface area (Å²) in [6.45, 7) is 2.50. The molecule has 0 aliphatic carbocycles. The average Bonchev–Trinajstić information content (AvgIpc) is 2.76. The van der Waals surface area contributed by atoms with E-state index in [0.717, 1.165) is 11.3 Å². The first kappa shape index (κ1) is 13.8. The van der Waals surface area contributed by atoms with Gasteiger partial charge in [-0.15, -0.1) is 0 Å². The molecule has 8 heteroatoms. The molecule has 1 heterocycles. The maximum absolute atomic E-state index is 10.8. The lowest BCUT2D eigenvalue weighted by Gasteiger charge is -2.08. The normalized spacial score (nSPS) is 10.3. The van der Waals surface area contributed by atoms with Crippen LogP contribution in [0.2, 0.25) is 0 Å². The average molecular weight is 276 g/mol. The summed E-state index contributed by atoms with van der Waals surface area (Å²) in [5.41, 5.74) is 5.56. The Hall–Kier alpha value is -2.61. The largest absolute Gasteiger partial charge is 0.381 e. The van der Waals surface area contributed by atoms with Gasteiger partial charge in [-0.2, -0.15) is 5.10 Å². The van der Waals surface area contributed by atoms with Gasteiger partial charge < -0.3 is 10.7 Å². The van der Waals surface area contributed by atoms with Crippen LogP contribution >= 0.6 is 0 Å². The minimum absolute atomic E-state index is 0.0224. The molecule has 2 rings (SSSR count). The lowest BCUT2D eigenvalue weighted by molar-refractivity contribution is -0.384. The Labute approximate surface area is 115 Å². The number of hydrogen-bond donors (Lipinski definition) is 3. The number of nitrogens with zero attached hydrogens (tertiary/aromatic N) is 3. The highest BCUT2D eigenvalue weighted by atomic mass is 16.6. The number of benzene rings is 1. The van der Waals surface area contributed by atoms with E-state index in [1.807, 2.05) is 14.0 Å². The van der Waals surface area contributed by atoms with Crippen LogP contribution in [0.3, 0.4) is 0 Å². The minimum atomic E-state index is -0.457. The number of hydrazine groups is 1. The molecule has 0 radical (unpaired) electrons. The van der Waals surface area contributed by atoms with E-state index in [-0.39, 0.29) is 5.69 Å². The Morgan fingerprint density at radius 1 is 1.40 bits per heavy atom. The number of aryl methyl sites for hydroxylation is 1. The molecule has 1 aromatic carbocycles. The quantitative estimate of drug-likeness (QED) is 0.434. The van der Waals surface area contributed by atoms with Gasteiger partial charge in [-0.25, -0.2) is 0 Å². The van der Waals surface area contributed by atoms with E-state index < -0.39 is 4.92 Å². The van der Waals surface area contributed by atoms with Crippen molar-refractivity contribution in [1.82, 2.24) is 9.78 Å². The molecule has 8 nitrogen and oxygen atoms in total. The molecule has 1 aromatic heterocycles. The first-order valence-electron chi connectivity index (χ1n) is 5.98. The van der Waals surface area contributed by atoms with Crippen LogP contribution in [0.4, 0.5) is 17.1 Å². The third-order valence-corrected chi connectivity index (χ3v) is 3.12. The molecule has 20 heavy (non-hydrogen) atoms. The molecule has 0 spiro atoms. The standard InChI is InChI=1S/C12H16N6O2/c1-8-9(7-15-17(8)2)6-14-10-3-11(16-13)5-12(4-10)18(19)20/h3-5,7,14,16H,6,13H2,1-2H3. The maximum atomic E-state index is 10.8. The molecule has 106 valence electrons. The fourth-order valence-electron chi connectivity index (χ4n) is 1.82. The Morgan fingerprint density at radius 3 is 2.65 bits per heavy atom. The summed E-state index contributed by atoms with van der Waals surface area (Å²) in [6, 6.07) is 4.55. The van der Waals surface area contributed by atoms with Crippen LogP contribution in [-0.2, 0) is 13.6 Å². The summed E-state index contributed by atoms with van der Waals surface area (Å²) in [4.78, 5) is 10.4. The summed E-state index contributed by atoms with van der Waals surface area (Å²) in [7, 11) is 1.86. The van der Waals surface area contributed by atoms with Crippen molar-refractivity contribution in [3.8, 4) is 0 Å². The molecule has 0 aliphatic rings. The van der Waals surface area contributed by atoms with Gasteiger partial charge in [-0.3, -0.25) is 20.6 Å². The van der Waals surface area contributed by atoms with E-state index in [9.17, 15) is 10.1 Å². The zero-order chi connectivity index (χ0) is 14.7. The van der Waals surface area contributed by atoms with Gasteiger partial charge in [0, 0.05) is 42.7 Å². The Kier molecular flexibility index (Phi) is 3.85. The Balaban J connectivity index is 2.18. The van der Waals surface area contributed by atoms with E-state index in [1.54, 1.807) is 16.9 Å². The highest BCUT2D eigenvalue weighted by Crippen LogP contribution is 2.24. The van der Waals surface area contributed by atoms with Gasteiger partial charge in [0.15, 0.2) is 0 Å². The van der Waals surface area contributed by atoms with Gasteiger partial charge >= 0.3 is 0 Å². The van der Waals surface area contributed by atoms with Crippen LogP contribution in [0.1, 0.15) is 11.3 Å². The van der Waals surface area contributed by atoms with Gasteiger partial charge in [0.05, 0.1) is 16.8 Å². The zero-order valence-electron chi connectivity index (χ0n) is 11.3. The van der Waals surface area contributed by atoms with Crippen LogP contribution < -0.4 is 16.6 Å². The second-order valence-corrected chi connectivity index (χ2v) is 4.40. The van der Waals surface area contributed by atoms with Crippen molar-refractivity contribution in [3.05, 3.63) is 45.8 Å². The minimum Gasteiger partial charge on any atom is -0.381 e. The van der Waals surface area contributed by atoms with E-state index in [1.165, 1.54) is 12.1 Å². The molecule has 0 amide bonds. The van der Waals surface area contributed by atoms with Crippen molar-refractivity contribution in [2.75, 3.05) is 10.7 Å². The number of nitrogens with two attached hydrogens (primary N) is 1. The van der Waals surface area contributed by atoms with Crippen molar-refractivity contribution >= 4 is 17.1 Å². The summed E-state index contributed by atoms with van der Waals surface area (Å²) >= 11 is 0. The van der Waals surface area contributed by atoms with Gasteiger partial charge in [0.25, 0.3) is 5.69 Å². The van der Waals surface area contributed by atoms with Gasteiger partial charge in [-0.05, 0) is 13.0 Å². The monoisotopic (exact) mass is 276 g/mol. The third kappa shape index (κ3) is 2.86. The van der Waals surface area contributed by atoms with Crippen LogP contribution in [0, 0.1) is 17.0 Å². The van der Waals surface area contributed by atoms with Crippen LogP contribution in [0.15, 0.2) is 24.4 Å². The molecule has 0 fully saturated rings. The predicted octanol–water partition coefficient (Wildman–Crippen LogP) is 1.53. The molecular weight excluding hydrogens is 260 g/mol. The molecule has 0 bridgehead atoms. The van der Waals surface area contributed by atoms with E-state index in [0.29, 0.717) is 17.9 Å². The molecule has 2 aromatic rings. The number of nitrogen functional groups attached to an aromatic ring is 1. The molecule has 0 saturated carbocycles. The fraction of sp³-hybridized carbons (Fsp3) is 0.250. The third-order valence-electron chi connectivity index (χ3n) is 3.12. The first-order valence-corrected chi connectivity index (χ1v) is 5.98. The second kappa shape index (κ2) is 5.57. The summed E-state index contributed by atoms with van der Waals surface area (Å²) < 4.78 is 1.78. The van der Waals surface area contributed by atoms with Gasteiger partial charge in [0.1, 0.15) is 0 Å². The van der Waals surface area contributed by atoms with Crippen molar-refractivity contribution in [2.45, 2.75) is 13.5 Å². The topological polar surface area (TPSA) is 111 Å². The van der Waals surface area contributed by atoms with Crippen molar-refractivity contribution < 1.29 is 4.92 Å². The molecule has 0 aliphatic heterocycles. The summed E-state index contributed by atoms with van der Waals surface area (Å²) in [5, 5.41) is 18.1. The Bertz CT molecular complexity index is 637. The van der Waals surface area contributed by atoms with Crippen LogP contribution in [-0.4, -0.2) is 14.7 Å². The first-order chi connectivity index (χ1) is 9.51. The van der Waals surface area contributed by atoms with Gasteiger partial charge in [-0.1, -0.05) is 0 Å². The molecular formula is C12H16N6O2. The highest BCUT2D eigenvalue weighted by Gasteiger charge is 2.10. The highest BCUT2D eigenvalue weighted by molar-refractivity contribution is 5.63. The summed E-state index contributed by atoms with van der Waals surface area (Å²) in [6.07, 6.45) is 1.77. The molecule has 0 unspecified atom stereocenters. The Morgan fingerprint density at radius 2 is 2.10 bits per heavy atom.